The van der Waals surface area contributed by atoms with Gasteiger partial charge in [-0.15, -0.1) is 0 Å². The van der Waals surface area contributed by atoms with Crippen LogP contribution < -0.4 is 16.6 Å². The molecule has 8 nitrogen and oxygen atoms in total. The first kappa shape index (κ1) is 23.3. The molecule has 5 aromatic rings. The SMILES string of the molecule is CC(C)Cn1c(=O)n(C)c(=O)c2c(Nc3ccc(F)cc3)n(Cc3ccc(-n4cccn4)cc3)cc21. The van der Waals surface area contributed by atoms with Gasteiger partial charge in [-0.1, -0.05) is 26.0 Å². The molecule has 0 atom stereocenters. The zero-order chi connectivity index (χ0) is 25.4. The number of rotatable bonds is 7. The molecule has 0 aliphatic carbocycles. The fraction of sp³-hybridized carbons (Fsp3) is 0.222. The molecule has 0 amide bonds. The van der Waals surface area contributed by atoms with Crippen LogP contribution in [0.5, 0.6) is 0 Å². The van der Waals surface area contributed by atoms with Gasteiger partial charge < -0.3 is 9.88 Å². The zero-order valence-electron chi connectivity index (χ0n) is 20.4. The van der Waals surface area contributed by atoms with Crippen LogP contribution in [0.2, 0.25) is 0 Å². The Morgan fingerprint density at radius 3 is 2.39 bits per heavy atom. The van der Waals surface area contributed by atoms with Gasteiger partial charge in [0.2, 0.25) is 0 Å². The Kier molecular flexibility index (Phi) is 6.05. The van der Waals surface area contributed by atoms with Crippen molar-refractivity contribution < 1.29 is 4.39 Å². The van der Waals surface area contributed by atoms with Gasteiger partial charge in [0.25, 0.3) is 5.56 Å². The Morgan fingerprint density at radius 2 is 1.75 bits per heavy atom. The summed E-state index contributed by atoms with van der Waals surface area (Å²) in [6.07, 6.45) is 5.44. The molecule has 0 bridgehead atoms. The molecule has 184 valence electrons. The van der Waals surface area contributed by atoms with Crippen molar-refractivity contribution in [3.63, 3.8) is 0 Å². The highest BCUT2D eigenvalue weighted by atomic mass is 19.1. The van der Waals surface area contributed by atoms with Crippen molar-refractivity contribution in [2.45, 2.75) is 26.9 Å². The van der Waals surface area contributed by atoms with Gasteiger partial charge in [0, 0.05) is 44.4 Å². The highest BCUT2D eigenvalue weighted by molar-refractivity contribution is 5.92. The summed E-state index contributed by atoms with van der Waals surface area (Å²) in [6.45, 7) is 4.98. The molecule has 9 heteroatoms. The van der Waals surface area contributed by atoms with Crippen LogP contribution >= 0.6 is 0 Å². The fourth-order valence-electron chi connectivity index (χ4n) is 4.34. The summed E-state index contributed by atoms with van der Waals surface area (Å²) in [5.41, 5.74) is 2.40. The Balaban J connectivity index is 1.65. The number of halogens is 1. The van der Waals surface area contributed by atoms with Crippen LogP contribution in [0.3, 0.4) is 0 Å². The van der Waals surface area contributed by atoms with E-state index in [4.69, 9.17) is 0 Å². The van der Waals surface area contributed by atoms with Crippen LogP contribution in [0.15, 0.2) is 82.8 Å². The van der Waals surface area contributed by atoms with Gasteiger partial charge in [-0.05, 0) is 53.9 Å². The Bertz CT molecular complexity index is 1630. The van der Waals surface area contributed by atoms with Crippen molar-refractivity contribution in [3.05, 3.63) is 105 Å². The maximum atomic E-state index is 13.5. The van der Waals surface area contributed by atoms with E-state index in [1.165, 1.54) is 19.2 Å². The number of hydrogen-bond acceptors (Lipinski definition) is 4. The molecule has 5 rings (SSSR count). The maximum absolute atomic E-state index is 13.5. The van der Waals surface area contributed by atoms with E-state index < -0.39 is 0 Å². The minimum absolute atomic E-state index is 0.204. The monoisotopic (exact) mass is 486 g/mol. The predicted octanol–water partition coefficient (Wildman–Crippen LogP) is 4.27. The molecule has 0 unspecified atom stereocenters. The average molecular weight is 487 g/mol. The van der Waals surface area contributed by atoms with Gasteiger partial charge in [0.05, 0.1) is 11.2 Å². The number of nitrogens with zero attached hydrogens (tertiary/aromatic N) is 5. The van der Waals surface area contributed by atoms with E-state index in [0.29, 0.717) is 35.5 Å². The molecule has 0 saturated heterocycles. The second-order valence-electron chi connectivity index (χ2n) is 9.27. The highest BCUT2D eigenvalue weighted by Crippen LogP contribution is 2.28. The largest absolute Gasteiger partial charge is 0.341 e. The molecule has 2 aromatic carbocycles. The quantitative estimate of drug-likeness (QED) is 0.373. The Hall–Kier alpha value is -4.40. The second kappa shape index (κ2) is 9.33. The summed E-state index contributed by atoms with van der Waals surface area (Å²) >= 11 is 0. The lowest BCUT2D eigenvalue weighted by Crippen LogP contribution is -2.38. The minimum atomic E-state index is -0.382. The molecule has 1 N–H and O–H groups in total. The standard InChI is InChI=1S/C27H27FN6O2/c1-18(2)15-33-23-17-32(16-19-5-11-22(12-6-19)34-14-4-13-29-34)25(24(23)26(35)31(3)27(33)36)30-21-9-7-20(28)8-10-21/h4-14,17-18,30H,15-16H2,1-3H3. The smallest absolute Gasteiger partial charge is 0.331 e. The zero-order valence-corrected chi connectivity index (χ0v) is 20.4. The lowest BCUT2D eigenvalue weighted by atomic mass is 10.2. The van der Waals surface area contributed by atoms with Gasteiger partial charge in [0.1, 0.15) is 17.0 Å². The van der Waals surface area contributed by atoms with Crippen molar-refractivity contribution in [2.75, 3.05) is 5.32 Å². The van der Waals surface area contributed by atoms with Crippen molar-refractivity contribution >= 4 is 22.4 Å². The Morgan fingerprint density at radius 1 is 1.03 bits per heavy atom. The van der Waals surface area contributed by atoms with Gasteiger partial charge in [0.15, 0.2) is 0 Å². The molecule has 0 aliphatic heterocycles. The molecule has 3 heterocycles. The summed E-state index contributed by atoms with van der Waals surface area (Å²) < 4.78 is 20.0. The van der Waals surface area contributed by atoms with Crippen LogP contribution in [0, 0.1) is 11.7 Å². The molecule has 0 radical (unpaired) electrons. The first-order valence-electron chi connectivity index (χ1n) is 11.8. The van der Waals surface area contributed by atoms with E-state index in [0.717, 1.165) is 15.8 Å². The highest BCUT2D eigenvalue weighted by Gasteiger charge is 2.20. The number of nitrogens with one attached hydrogen (secondary N) is 1. The van der Waals surface area contributed by atoms with Crippen molar-refractivity contribution in [1.82, 2.24) is 23.5 Å². The summed E-state index contributed by atoms with van der Waals surface area (Å²) in [5, 5.41) is 7.97. The van der Waals surface area contributed by atoms with Crippen molar-refractivity contribution in [3.8, 4) is 5.69 Å². The van der Waals surface area contributed by atoms with Gasteiger partial charge in [-0.25, -0.2) is 13.9 Å². The first-order valence-corrected chi connectivity index (χ1v) is 11.8. The number of aromatic nitrogens is 5. The molecule has 0 spiro atoms. The van der Waals surface area contributed by atoms with Crippen LogP contribution in [-0.4, -0.2) is 23.5 Å². The number of hydrogen-bond donors (Lipinski definition) is 1. The number of benzene rings is 2. The second-order valence-corrected chi connectivity index (χ2v) is 9.27. The average Bonchev–Trinajstić information content (AvgIpc) is 3.51. The summed E-state index contributed by atoms with van der Waals surface area (Å²) in [6, 6.07) is 15.8. The summed E-state index contributed by atoms with van der Waals surface area (Å²) in [7, 11) is 1.49. The lowest BCUT2D eigenvalue weighted by Gasteiger charge is -2.13. The Labute approximate surface area is 206 Å². The number of fused-ring (bicyclic) bond motifs is 1. The van der Waals surface area contributed by atoms with Crippen LogP contribution in [0.4, 0.5) is 15.9 Å². The topological polar surface area (TPSA) is 78.8 Å². The lowest BCUT2D eigenvalue weighted by molar-refractivity contribution is 0.502. The molecule has 0 aliphatic rings. The molecule has 0 fully saturated rings. The third kappa shape index (κ3) is 4.35. The predicted molar refractivity (Wildman–Crippen MR) is 139 cm³/mol. The molecular weight excluding hydrogens is 459 g/mol. The summed E-state index contributed by atoms with van der Waals surface area (Å²) in [4.78, 5) is 26.3. The van der Waals surface area contributed by atoms with Gasteiger partial charge in [-0.2, -0.15) is 5.10 Å². The van der Waals surface area contributed by atoms with E-state index in [9.17, 15) is 14.0 Å². The molecular formula is C27H27FN6O2. The first-order chi connectivity index (χ1) is 17.3. The molecule has 36 heavy (non-hydrogen) atoms. The number of anilines is 2. The van der Waals surface area contributed by atoms with E-state index >= 15 is 0 Å². The van der Waals surface area contributed by atoms with Gasteiger partial charge in [-0.3, -0.25) is 13.9 Å². The van der Waals surface area contributed by atoms with Crippen molar-refractivity contribution in [2.24, 2.45) is 13.0 Å². The fourth-order valence-corrected chi connectivity index (χ4v) is 4.34. The third-order valence-electron chi connectivity index (χ3n) is 6.10. The normalized spacial score (nSPS) is 11.5. The molecule has 3 aromatic heterocycles. The third-order valence-corrected chi connectivity index (χ3v) is 6.10. The van der Waals surface area contributed by atoms with E-state index in [2.05, 4.69) is 10.4 Å². The minimum Gasteiger partial charge on any atom is -0.341 e. The summed E-state index contributed by atoms with van der Waals surface area (Å²) in [5.74, 6) is 0.403. The van der Waals surface area contributed by atoms with Crippen LogP contribution in [0.1, 0.15) is 19.4 Å². The van der Waals surface area contributed by atoms with Crippen molar-refractivity contribution in [1.29, 1.82) is 0 Å². The molecule has 0 saturated carbocycles. The van der Waals surface area contributed by atoms with Gasteiger partial charge >= 0.3 is 5.69 Å². The maximum Gasteiger partial charge on any atom is 0.331 e. The van der Waals surface area contributed by atoms with Crippen LogP contribution in [-0.2, 0) is 20.1 Å². The van der Waals surface area contributed by atoms with E-state index in [-0.39, 0.29) is 23.0 Å². The van der Waals surface area contributed by atoms with Crippen LogP contribution in [0.25, 0.3) is 16.6 Å². The van der Waals surface area contributed by atoms with E-state index in [1.807, 2.05) is 61.1 Å². The van der Waals surface area contributed by atoms with E-state index in [1.54, 1.807) is 27.6 Å².